The van der Waals surface area contributed by atoms with Crippen molar-refractivity contribution >= 4 is 22.6 Å². The number of aromatic nitrogens is 2. The number of nitrogens with zero attached hydrogens (tertiary/aromatic N) is 3. The minimum atomic E-state index is -0.000140. The number of imidazole rings is 1. The fourth-order valence-electron chi connectivity index (χ4n) is 3.64. The second kappa shape index (κ2) is 9.15. The Bertz CT molecular complexity index is 994. The highest BCUT2D eigenvalue weighted by molar-refractivity contribution is 5.92. The quantitative estimate of drug-likeness (QED) is 0.623. The van der Waals surface area contributed by atoms with Crippen LogP contribution in [0.4, 0.5) is 5.69 Å². The molecule has 8 heteroatoms. The normalized spacial score (nSPS) is 15.3. The molecule has 0 atom stereocenters. The van der Waals surface area contributed by atoms with E-state index in [0.717, 1.165) is 66.8 Å². The Morgan fingerprint density at radius 3 is 2.37 bits per heavy atom. The number of rotatable bonds is 7. The molecule has 0 radical (unpaired) electrons. The number of benzene rings is 2. The summed E-state index contributed by atoms with van der Waals surface area (Å²) in [5.74, 6) is 2.54. The van der Waals surface area contributed by atoms with E-state index in [2.05, 4.69) is 25.1 Å². The van der Waals surface area contributed by atoms with Gasteiger partial charge in [-0.15, -0.1) is 0 Å². The largest absolute Gasteiger partial charge is 0.497 e. The Labute approximate surface area is 175 Å². The van der Waals surface area contributed by atoms with Gasteiger partial charge in [0.2, 0.25) is 5.91 Å². The van der Waals surface area contributed by atoms with Gasteiger partial charge in [-0.25, -0.2) is 4.98 Å². The second-order valence-electron chi connectivity index (χ2n) is 7.40. The highest BCUT2D eigenvalue weighted by atomic mass is 16.5. The molecule has 0 unspecified atom stereocenters. The van der Waals surface area contributed by atoms with Crippen LogP contribution in [0.25, 0.3) is 11.0 Å². The topological polar surface area (TPSA) is 82.7 Å². The predicted octanol–water partition coefficient (Wildman–Crippen LogP) is 2.34. The van der Waals surface area contributed by atoms with Gasteiger partial charge in [0.25, 0.3) is 0 Å². The molecule has 0 saturated carbocycles. The molecule has 1 saturated heterocycles. The van der Waals surface area contributed by atoms with Crippen molar-refractivity contribution in [2.24, 2.45) is 0 Å². The van der Waals surface area contributed by atoms with Crippen molar-refractivity contribution in [3.8, 4) is 11.5 Å². The van der Waals surface area contributed by atoms with Gasteiger partial charge in [-0.3, -0.25) is 14.6 Å². The van der Waals surface area contributed by atoms with Crippen molar-refractivity contribution in [3.63, 3.8) is 0 Å². The summed E-state index contributed by atoms with van der Waals surface area (Å²) in [5.41, 5.74) is 2.71. The lowest BCUT2D eigenvalue weighted by molar-refractivity contribution is -0.117. The summed E-state index contributed by atoms with van der Waals surface area (Å²) in [6, 6.07) is 13.2. The first-order valence-corrected chi connectivity index (χ1v) is 10.0. The highest BCUT2D eigenvalue weighted by Crippen LogP contribution is 2.19. The zero-order valence-electron chi connectivity index (χ0n) is 17.4. The van der Waals surface area contributed by atoms with Crippen LogP contribution < -0.4 is 14.8 Å². The van der Waals surface area contributed by atoms with E-state index in [9.17, 15) is 4.79 Å². The molecule has 0 aliphatic carbocycles. The lowest BCUT2D eigenvalue weighted by Gasteiger charge is -2.33. The van der Waals surface area contributed by atoms with Gasteiger partial charge in [-0.05, 0) is 36.4 Å². The zero-order valence-corrected chi connectivity index (χ0v) is 17.4. The summed E-state index contributed by atoms with van der Waals surface area (Å²) < 4.78 is 10.4. The van der Waals surface area contributed by atoms with E-state index in [4.69, 9.17) is 9.47 Å². The van der Waals surface area contributed by atoms with Crippen LogP contribution in [0.1, 0.15) is 5.82 Å². The van der Waals surface area contributed by atoms with Crippen LogP contribution in [0.5, 0.6) is 11.5 Å². The third-order valence-corrected chi connectivity index (χ3v) is 5.32. The van der Waals surface area contributed by atoms with Crippen molar-refractivity contribution in [1.82, 2.24) is 19.8 Å². The van der Waals surface area contributed by atoms with Gasteiger partial charge < -0.3 is 19.8 Å². The third-order valence-electron chi connectivity index (χ3n) is 5.32. The number of nitrogens with one attached hydrogen (secondary N) is 2. The number of H-pyrrole nitrogens is 1. The first-order valence-electron chi connectivity index (χ1n) is 10.0. The fraction of sp³-hybridized carbons (Fsp3) is 0.364. The molecule has 1 aliphatic rings. The van der Waals surface area contributed by atoms with E-state index in [-0.39, 0.29) is 5.91 Å². The Morgan fingerprint density at radius 1 is 1.00 bits per heavy atom. The first kappa shape index (κ1) is 20.2. The molecule has 1 aromatic heterocycles. The van der Waals surface area contributed by atoms with Crippen LogP contribution in [0.2, 0.25) is 0 Å². The molecule has 4 rings (SSSR count). The lowest BCUT2D eigenvalue weighted by atomic mass is 10.3. The SMILES string of the molecule is COc1ccc(NC(=O)CN2CCN(Cc3nc4ccc(OC)cc4[nH]3)CC2)cc1. The maximum Gasteiger partial charge on any atom is 0.238 e. The van der Waals surface area contributed by atoms with Crippen LogP contribution in [0.15, 0.2) is 42.5 Å². The van der Waals surface area contributed by atoms with Crippen molar-refractivity contribution in [2.45, 2.75) is 6.54 Å². The summed E-state index contributed by atoms with van der Waals surface area (Å²) in [5, 5.41) is 2.94. The van der Waals surface area contributed by atoms with E-state index in [1.165, 1.54) is 0 Å². The molecule has 0 bridgehead atoms. The number of carbonyl (C=O) groups excluding carboxylic acids is 1. The number of amides is 1. The zero-order chi connectivity index (χ0) is 20.9. The van der Waals surface area contributed by atoms with Gasteiger partial charge in [0, 0.05) is 37.9 Å². The molecule has 158 valence electrons. The van der Waals surface area contributed by atoms with Crippen LogP contribution in [0.3, 0.4) is 0 Å². The molecule has 8 nitrogen and oxygen atoms in total. The molecular weight excluding hydrogens is 382 g/mol. The minimum Gasteiger partial charge on any atom is -0.497 e. The van der Waals surface area contributed by atoms with Gasteiger partial charge in [0.05, 0.1) is 38.3 Å². The molecule has 30 heavy (non-hydrogen) atoms. The molecule has 1 amide bonds. The van der Waals surface area contributed by atoms with Gasteiger partial charge in [-0.2, -0.15) is 0 Å². The number of ether oxygens (including phenoxy) is 2. The van der Waals surface area contributed by atoms with Crippen LogP contribution >= 0.6 is 0 Å². The second-order valence-corrected chi connectivity index (χ2v) is 7.40. The monoisotopic (exact) mass is 409 g/mol. The number of methoxy groups -OCH3 is 2. The lowest BCUT2D eigenvalue weighted by Crippen LogP contribution is -2.48. The third kappa shape index (κ3) is 4.90. The van der Waals surface area contributed by atoms with Crippen molar-refractivity contribution in [1.29, 1.82) is 0 Å². The number of carbonyl (C=O) groups is 1. The smallest absolute Gasteiger partial charge is 0.238 e. The molecule has 1 aliphatic heterocycles. The minimum absolute atomic E-state index is 0.000140. The molecule has 2 heterocycles. The summed E-state index contributed by atoms with van der Waals surface area (Å²) in [4.78, 5) is 24.9. The Hall–Kier alpha value is -3.10. The van der Waals surface area contributed by atoms with Crippen molar-refractivity contribution in [3.05, 3.63) is 48.3 Å². The molecule has 2 N–H and O–H groups in total. The number of hydrogen-bond acceptors (Lipinski definition) is 6. The number of aromatic amines is 1. The van der Waals surface area contributed by atoms with Gasteiger partial charge in [-0.1, -0.05) is 0 Å². The van der Waals surface area contributed by atoms with E-state index < -0.39 is 0 Å². The summed E-state index contributed by atoms with van der Waals surface area (Å²) in [7, 11) is 3.29. The highest BCUT2D eigenvalue weighted by Gasteiger charge is 2.20. The number of fused-ring (bicyclic) bond motifs is 1. The maximum atomic E-state index is 12.3. The van der Waals surface area contributed by atoms with Gasteiger partial charge in [0.1, 0.15) is 17.3 Å². The van der Waals surface area contributed by atoms with E-state index >= 15 is 0 Å². The van der Waals surface area contributed by atoms with Gasteiger partial charge >= 0.3 is 0 Å². The van der Waals surface area contributed by atoms with Gasteiger partial charge in [0.15, 0.2) is 0 Å². The number of hydrogen-bond donors (Lipinski definition) is 2. The summed E-state index contributed by atoms with van der Waals surface area (Å²) in [6.07, 6.45) is 0. The average molecular weight is 409 g/mol. The molecule has 3 aromatic rings. The van der Waals surface area contributed by atoms with Crippen LogP contribution in [-0.2, 0) is 11.3 Å². The number of piperazine rings is 1. The van der Waals surface area contributed by atoms with Crippen LogP contribution in [-0.4, -0.2) is 72.6 Å². The molecular formula is C22H27N5O3. The van der Waals surface area contributed by atoms with E-state index in [1.54, 1.807) is 14.2 Å². The fourth-order valence-corrected chi connectivity index (χ4v) is 3.64. The van der Waals surface area contributed by atoms with Crippen molar-refractivity contribution in [2.75, 3.05) is 52.3 Å². The van der Waals surface area contributed by atoms with Crippen molar-refractivity contribution < 1.29 is 14.3 Å². The Balaban J connectivity index is 1.25. The average Bonchev–Trinajstić information content (AvgIpc) is 3.17. The molecule has 1 fully saturated rings. The summed E-state index contributed by atoms with van der Waals surface area (Å²) in [6.45, 7) is 4.66. The Kier molecular flexibility index (Phi) is 6.15. The van der Waals surface area contributed by atoms with Crippen LogP contribution in [0, 0.1) is 0 Å². The van der Waals surface area contributed by atoms with E-state index in [0.29, 0.717) is 6.54 Å². The predicted molar refractivity (Wildman–Crippen MR) is 116 cm³/mol. The molecule has 0 spiro atoms. The Morgan fingerprint density at radius 2 is 1.67 bits per heavy atom. The van der Waals surface area contributed by atoms with E-state index in [1.807, 2.05) is 42.5 Å². The number of anilines is 1. The molecule has 2 aromatic carbocycles. The summed E-state index contributed by atoms with van der Waals surface area (Å²) >= 11 is 0. The first-order chi connectivity index (χ1) is 14.6. The maximum absolute atomic E-state index is 12.3. The standard InChI is InChI=1S/C22H27N5O3/c1-29-17-5-3-16(4-6-17)23-22(28)15-27-11-9-26(10-12-27)14-21-24-19-8-7-18(30-2)13-20(19)25-21/h3-8,13H,9-12,14-15H2,1-2H3,(H,23,28)(H,24,25).